The molecule has 0 aliphatic rings. The molecule has 0 amide bonds. The maximum absolute atomic E-state index is 10.8. The SMILES string of the molecule is Nn1c(Cc2cccs2)nnc1SCc1ccc(C(=O)O)cc1. The summed E-state index contributed by atoms with van der Waals surface area (Å²) in [4.78, 5) is 12.0. The van der Waals surface area contributed by atoms with Crippen LogP contribution in [0, 0.1) is 0 Å². The number of thiophene rings is 1. The van der Waals surface area contributed by atoms with E-state index in [-0.39, 0.29) is 5.56 Å². The van der Waals surface area contributed by atoms with Crippen LogP contribution in [0.3, 0.4) is 0 Å². The number of carbonyl (C=O) groups is 1. The smallest absolute Gasteiger partial charge is 0.335 e. The highest BCUT2D eigenvalue weighted by Gasteiger charge is 2.11. The van der Waals surface area contributed by atoms with Gasteiger partial charge in [0.1, 0.15) is 0 Å². The van der Waals surface area contributed by atoms with Crippen LogP contribution in [0.15, 0.2) is 46.9 Å². The Labute approximate surface area is 140 Å². The van der Waals surface area contributed by atoms with E-state index in [0.29, 0.717) is 17.3 Å². The quantitative estimate of drug-likeness (QED) is 0.526. The van der Waals surface area contributed by atoms with E-state index in [0.717, 1.165) is 11.4 Å². The van der Waals surface area contributed by atoms with Crippen LogP contribution >= 0.6 is 23.1 Å². The Morgan fingerprint density at radius 1 is 1.26 bits per heavy atom. The molecular weight excluding hydrogens is 332 g/mol. The summed E-state index contributed by atoms with van der Waals surface area (Å²) in [6.07, 6.45) is 0.662. The molecule has 2 heterocycles. The number of nitrogens with zero attached hydrogens (tertiary/aromatic N) is 3. The fraction of sp³-hybridized carbons (Fsp3) is 0.133. The van der Waals surface area contributed by atoms with Gasteiger partial charge in [-0.15, -0.1) is 21.5 Å². The molecule has 0 fully saturated rings. The van der Waals surface area contributed by atoms with Crippen molar-refractivity contribution in [2.24, 2.45) is 0 Å². The molecule has 8 heteroatoms. The van der Waals surface area contributed by atoms with E-state index in [2.05, 4.69) is 10.2 Å². The van der Waals surface area contributed by atoms with Gasteiger partial charge in [-0.2, -0.15) is 0 Å². The monoisotopic (exact) mass is 346 g/mol. The fourth-order valence-electron chi connectivity index (χ4n) is 1.99. The van der Waals surface area contributed by atoms with Gasteiger partial charge in [0.05, 0.1) is 5.56 Å². The lowest BCUT2D eigenvalue weighted by Crippen LogP contribution is -2.14. The normalized spacial score (nSPS) is 10.8. The first-order valence-corrected chi connectivity index (χ1v) is 8.67. The summed E-state index contributed by atoms with van der Waals surface area (Å²) in [5.74, 6) is 6.48. The molecular formula is C15H14N4O2S2. The molecule has 0 bridgehead atoms. The Kier molecular flexibility index (Phi) is 4.63. The van der Waals surface area contributed by atoms with Gasteiger partial charge in [-0.1, -0.05) is 30.0 Å². The van der Waals surface area contributed by atoms with Gasteiger partial charge in [-0.25, -0.2) is 9.47 Å². The Morgan fingerprint density at radius 2 is 2.04 bits per heavy atom. The number of hydrogen-bond donors (Lipinski definition) is 2. The standard InChI is InChI=1S/C15H14N4O2S2/c16-19-13(8-12-2-1-7-22-12)17-18-15(19)23-9-10-3-5-11(6-4-10)14(20)21/h1-7H,8-9,16H2,(H,20,21). The van der Waals surface area contributed by atoms with Gasteiger partial charge in [0.25, 0.3) is 0 Å². The fourth-order valence-corrected chi connectivity index (χ4v) is 3.52. The minimum atomic E-state index is -0.927. The Hall–Kier alpha value is -2.32. The third-order valence-electron chi connectivity index (χ3n) is 3.22. The zero-order chi connectivity index (χ0) is 16.2. The largest absolute Gasteiger partial charge is 0.478 e. The Bertz CT molecular complexity index is 798. The lowest BCUT2D eigenvalue weighted by molar-refractivity contribution is 0.0697. The first kappa shape index (κ1) is 15.6. The van der Waals surface area contributed by atoms with E-state index in [1.54, 1.807) is 35.6 Å². The lowest BCUT2D eigenvalue weighted by atomic mass is 10.1. The predicted octanol–water partition coefficient (Wildman–Crippen LogP) is 2.63. The van der Waals surface area contributed by atoms with Crippen molar-refractivity contribution in [2.75, 3.05) is 5.84 Å². The summed E-state index contributed by atoms with van der Waals surface area (Å²) in [5, 5.41) is 19.8. The van der Waals surface area contributed by atoms with Crippen LogP contribution in [-0.2, 0) is 12.2 Å². The highest BCUT2D eigenvalue weighted by molar-refractivity contribution is 7.98. The molecule has 2 aromatic heterocycles. The first-order valence-electron chi connectivity index (χ1n) is 6.80. The van der Waals surface area contributed by atoms with Gasteiger partial charge in [0.2, 0.25) is 5.16 Å². The molecule has 0 aliphatic heterocycles. The highest BCUT2D eigenvalue weighted by Crippen LogP contribution is 2.22. The lowest BCUT2D eigenvalue weighted by Gasteiger charge is -2.03. The molecule has 0 radical (unpaired) electrons. The van der Waals surface area contributed by atoms with Crippen molar-refractivity contribution in [2.45, 2.75) is 17.3 Å². The van der Waals surface area contributed by atoms with E-state index in [9.17, 15) is 4.79 Å². The van der Waals surface area contributed by atoms with Crippen molar-refractivity contribution in [3.8, 4) is 0 Å². The Morgan fingerprint density at radius 3 is 2.70 bits per heavy atom. The second kappa shape index (κ2) is 6.84. The maximum Gasteiger partial charge on any atom is 0.335 e. The number of benzene rings is 1. The molecule has 0 saturated heterocycles. The van der Waals surface area contributed by atoms with E-state index in [1.165, 1.54) is 21.3 Å². The number of nitrogen functional groups attached to an aromatic ring is 1. The van der Waals surface area contributed by atoms with Gasteiger partial charge in [0, 0.05) is 17.1 Å². The number of nitrogens with two attached hydrogens (primary N) is 1. The highest BCUT2D eigenvalue weighted by atomic mass is 32.2. The summed E-state index contributed by atoms with van der Waals surface area (Å²) in [7, 11) is 0. The molecule has 118 valence electrons. The average molecular weight is 346 g/mol. The molecule has 6 nitrogen and oxygen atoms in total. The second-order valence-corrected chi connectivity index (χ2v) is 6.79. The molecule has 0 saturated carbocycles. The molecule has 0 spiro atoms. The maximum atomic E-state index is 10.8. The molecule has 3 rings (SSSR count). The third-order valence-corrected chi connectivity index (χ3v) is 5.11. The van der Waals surface area contributed by atoms with Gasteiger partial charge in [0.15, 0.2) is 5.82 Å². The zero-order valence-electron chi connectivity index (χ0n) is 12.0. The second-order valence-electron chi connectivity index (χ2n) is 4.82. The summed E-state index contributed by atoms with van der Waals surface area (Å²) in [6, 6.07) is 10.8. The molecule has 0 atom stereocenters. The van der Waals surface area contributed by atoms with Gasteiger partial charge in [-0.3, -0.25) is 0 Å². The van der Waals surface area contributed by atoms with E-state index in [1.807, 2.05) is 17.5 Å². The van der Waals surface area contributed by atoms with Crippen molar-refractivity contribution < 1.29 is 9.90 Å². The van der Waals surface area contributed by atoms with Crippen LogP contribution in [0.1, 0.15) is 26.6 Å². The van der Waals surface area contributed by atoms with E-state index < -0.39 is 5.97 Å². The number of carboxylic acid groups (broad SMARTS) is 1. The molecule has 0 aliphatic carbocycles. The molecule has 23 heavy (non-hydrogen) atoms. The number of thioether (sulfide) groups is 1. The topological polar surface area (TPSA) is 94.0 Å². The molecule has 0 unspecified atom stereocenters. The minimum absolute atomic E-state index is 0.277. The van der Waals surface area contributed by atoms with Crippen LogP contribution in [0.2, 0.25) is 0 Å². The van der Waals surface area contributed by atoms with Crippen molar-refractivity contribution in [1.29, 1.82) is 0 Å². The van der Waals surface area contributed by atoms with Gasteiger partial charge < -0.3 is 10.9 Å². The van der Waals surface area contributed by atoms with E-state index >= 15 is 0 Å². The van der Waals surface area contributed by atoms with Gasteiger partial charge >= 0.3 is 5.97 Å². The summed E-state index contributed by atoms with van der Waals surface area (Å²) in [6.45, 7) is 0. The first-order chi connectivity index (χ1) is 11.1. The summed E-state index contributed by atoms with van der Waals surface area (Å²) in [5.41, 5.74) is 1.28. The minimum Gasteiger partial charge on any atom is -0.478 e. The van der Waals surface area contributed by atoms with Crippen LogP contribution < -0.4 is 5.84 Å². The summed E-state index contributed by atoms with van der Waals surface area (Å²) >= 11 is 3.13. The number of aromatic carboxylic acids is 1. The van der Waals surface area contributed by atoms with Crippen LogP contribution in [0.5, 0.6) is 0 Å². The number of rotatable bonds is 6. The van der Waals surface area contributed by atoms with Crippen LogP contribution in [-0.4, -0.2) is 25.9 Å². The average Bonchev–Trinajstić information content (AvgIpc) is 3.18. The van der Waals surface area contributed by atoms with Crippen molar-refractivity contribution in [1.82, 2.24) is 14.9 Å². The zero-order valence-corrected chi connectivity index (χ0v) is 13.7. The molecule has 3 N–H and O–H groups in total. The number of carboxylic acids is 1. The Balaban J connectivity index is 1.64. The van der Waals surface area contributed by atoms with Crippen molar-refractivity contribution in [3.05, 3.63) is 63.6 Å². The number of hydrogen-bond acceptors (Lipinski definition) is 6. The molecule has 1 aromatic carbocycles. The molecule has 3 aromatic rings. The number of aromatic nitrogens is 3. The van der Waals surface area contributed by atoms with E-state index in [4.69, 9.17) is 10.9 Å². The third kappa shape index (κ3) is 3.72. The van der Waals surface area contributed by atoms with Crippen molar-refractivity contribution in [3.63, 3.8) is 0 Å². The van der Waals surface area contributed by atoms with Gasteiger partial charge in [-0.05, 0) is 29.1 Å². The predicted molar refractivity (Wildman–Crippen MR) is 90.3 cm³/mol. The van der Waals surface area contributed by atoms with Crippen LogP contribution in [0.4, 0.5) is 0 Å². The summed E-state index contributed by atoms with van der Waals surface area (Å²) < 4.78 is 1.51. The van der Waals surface area contributed by atoms with Crippen molar-refractivity contribution >= 4 is 29.1 Å². The van der Waals surface area contributed by atoms with Crippen LogP contribution in [0.25, 0.3) is 0 Å².